The number of hydrogen-bond donors (Lipinski definition) is 0. The van der Waals surface area contributed by atoms with Crippen LogP contribution in [-0.4, -0.2) is 0 Å². The van der Waals surface area contributed by atoms with Crippen LogP contribution in [0.2, 0.25) is 0 Å². The smallest absolute Gasteiger partial charge is 0.138 e. The van der Waals surface area contributed by atoms with Crippen LogP contribution in [0.15, 0.2) is 235 Å². The van der Waals surface area contributed by atoms with E-state index in [1.54, 1.807) is 0 Å². The van der Waals surface area contributed by atoms with Gasteiger partial charge in [-0.2, -0.15) is 0 Å². The van der Waals surface area contributed by atoms with Gasteiger partial charge in [-0.1, -0.05) is 170 Å². The van der Waals surface area contributed by atoms with E-state index < -0.39 is 0 Å². The van der Waals surface area contributed by atoms with E-state index in [4.69, 9.17) is 4.42 Å². The molecule has 12 aromatic rings. The molecule has 286 valence electrons. The van der Waals surface area contributed by atoms with E-state index in [1.165, 1.54) is 43.4 Å². The molecule has 0 saturated carbocycles. The zero-order chi connectivity index (χ0) is 40.3. The van der Waals surface area contributed by atoms with Crippen molar-refractivity contribution in [3.8, 4) is 11.1 Å². The van der Waals surface area contributed by atoms with E-state index >= 15 is 0 Å². The Balaban J connectivity index is 1.08. The first-order chi connectivity index (χ1) is 30.3. The molecule has 3 nitrogen and oxygen atoms in total. The van der Waals surface area contributed by atoms with E-state index in [0.29, 0.717) is 0 Å². The molecule has 11 aromatic carbocycles. The fraction of sp³-hybridized carbons (Fsp3) is 0. The Bertz CT molecular complexity index is 3560. The summed E-state index contributed by atoms with van der Waals surface area (Å²) in [7, 11) is 0. The lowest BCUT2D eigenvalue weighted by atomic mass is 9.91. The topological polar surface area (TPSA) is 19.6 Å². The number of anilines is 6. The third-order valence-electron chi connectivity index (χ3n) is 12.2. The molecule has 0 amide bonds. The van der Waals surface area contributed by atoms with Crippen LogP contribution in [0.3, 0.4) is 0 Å². The zero-order valence-corrected chi connectivity index (χ0v) is 33.2. The predicted octanol–water partition coefficient (Wildman–Crippen LogP) is 16.8. The summed E-state index contributed by atoms with van der Waals surface area (Å²) in [5.41, 5.74) is 10.7. The zero-order valence-electron chi connectivity index (χ0n) is 33.2. The first kappa shape index (κ1) is 34.9. The van der Waals surface area contributed by atoms with Gasteiger partial charge < -0.3 is 14.2 Å². The fourth-order valence-electron chi connectivity index (χ4n) is 9.56. The van der Waals surface area contributed by atoms with Crippen LogP contribution in [0.5, 0.6) is 0 Å². The highest BCUT2D eigenvalue weighted by Gasteiger charge is 2.24. The summed E-state index contributed by atoms with van der Waals surface area (Å²) in [6.45, 7) is 0. The number of benzene rings is 11. The van der Waals surface area contributed by atoms with E-state index in [2.05, 4.69) is 240 Å². The van der Waals surface area contributed by atoms with Crippen LogP contribution in [0.25, 0.3) is 76.2 Å². The molecule has 61 heavy (non-hydrogen) atoms. The lowest BCUT2D eigenvalue weighted by molar-refractivity contribution is 0.669. The van der Waals surface area contributed by atoms with Crippen molar-refractivity contribution in [2.24, 2.45) is 0 Å². The maximum absolute atomic E-state index is 6.79. The summed E-state index contributed by atoms with van der Waals surface area (Å²) in [6.07, 6.45) is 0. The summed E-state index contributed by atoms with van der Waals surface area (Å²) in [5, 5.41) is 11.8. The van der Waals surface area contributed by atoms with Gasteiger partial charge in [-0.05, 0) is 92.7 Å². The number of rotatable bonds is 7. The van der Waals surface area contributed by atoms with Gasteiger partial charge in [0, 0.05) is 50.1 Å². The molecule has 0 radical (unpaired) electrons. The molecule has 0 aliphatic rings. The van der Waals surface area contributed by atoms with Crippen molar-refractivity contribution in [3.05, 3.63) is 231 Å². The van der Waals surface area contributed by atoms with E-state index in [-0.39, 0.29) is 0 Å². The lowest BCUT2D eigenvalue weighted by Crippen LogP contribution is -2.11. The second-order valence-corrected chi connectivity index (χ2v) is 15.6. The Morgan fingerprint density at radius 3 is 1.23 bits per heavy atom. The third kappa shape index (κ3) is 5.66. The quantitative estimate of drug-likeness (QED) is 0.161. The van der Waals surface area contributed by atoms with Gasteiger partial charge in [0.2, 0.25) is 0 Å². The Morgan fingerprint density at radius 2 is 0.672 bits per heavy atom. The van der Waals surface area contributed by atoms with Crippen LogP contribution in [-0.2, 0) is 0 Å². The Hall–Kier alpha value is -8.14. The minimum atomic E-state index is 0.869. The molecule has 12 rings (SSSR count). The highest BCUT2D eigenvalue weighted by Crippen LogP contribution is 2.49. The van der Waals surface area contributed by atoms with Crippen LogP contribution in [0.1, 0.15) is 0 Å². The SMILES string of the molecule is c1ccc(N(c2ccccc2)c2ccc(-c3ccc(N(c4ccccc4)c4cc5oc6ccc7ccccc7c6c5c5ccccc45)c4ccccc34)c3ccccc23)cc1. The molecule has 1 aromatic heterocycles. The van der Waals surface area contributed by atoms with Crippen LogP contribution in [0.4, 0.5) is 34.1 Å². The van der Waals surface area contributed by atoms with Crippen molar-refractivity contribution >= 4 is 99.2 Å². The van der Waals surface area contributed by atoms with Crippen molar-refractivity contribution in [1.29, 1.82) is 0 Å². The van der Waals surface area contributed by atoms with Crippen molar-refractivity contribution in [2.75, 3.05) is 9.80 Å². The molecule has 0 bridgehead atoms. The summed E-state index contributed by atoms with van der Waals surface area (Å²) < 4.78 is 6.79. The van der Waals surface area contributed by atoms with Crippen LogP contribution < -0.4 is 9.80 Å². The number of hydrogen-bond acceptors (Lipinski definition) is 3. The molecular weight excluding hydrogens is 741 g/mol. The molecule has 3 heteroatoms. The van der Waals surface area contributed by atoms with Gasteiger partial charge in [0.25, 0.3) is 0 Å². The number of fused-ring (bicyclic) bond motifs is 9. The van der Waals surface area contributed by atoms with Gasteiger partial charge in [-0.15, -0.1) is 0 Å². The number of nitrogens with zero attached hydrogens (tertiary/aromatic N) is 2. The van der Waals surface area contributed by atoms with Gasteiger partial charge in [0.15, 0.2) is 0 Å². The molecule has 1 heterocycles. The van der Waals surface area contributed by atoms with E-state index in [0.717, 1.165) is 66.8 Å². The number of furan rings is 1. The fourth-order valence-corrected chi connectivity index (χ4v) is 9.56. The molecule has 0 aliphatic carbocycles. The Morgan fingerprint density at radius 1 is 0.262 bits per heavy atom. The second kappa shape index (κ2) is 14.3. The highest BCUT2D eigenvalue weighted by molar-refractivity contribution is 6.28. The molecule has 0 N–H and O–H groups in total. The summed E-state index contributed by atoms with van der Waals surface area (Å²) in [4.78, 5) is 4.77. The molecule has 0 aliphatic heterocycles. The van der Waals surface area contributed by atoms with Crippen molar-refractivity contribution in [2.45, 2.75) is 0 Å². The maximum Gasteiger partial charge on any atom is 0.138 e. The summed E-state index contributed by atoms with van der Waals surface area (Å²) in [6, 6.07) is 82.8. The first-order valence-corrected chi connectivity index (χ1v) is 20.9. The van der Waals surface area contributed by atoms with Gasteiger partial charge in [0.1, 0.15) is 11.2 Å². The molecule has 0 spiro atoms. The predicted molar refractivity (Wildman–Crippen MR) is 259 cm³/mol. The number of para-hydroxylation sites is 3. The maximum atomic E-state index is 6.79. The van der Waals surface area contributed by atoms with E-state index in [9.17, 15) is 0 Å². The van der Waals surface area contributed by atoms with Crippen molar-refractivity contribution < 1.29 is 4.42 Å². The molecule has 0 unspecified atom stereocenters. The van der Waals surface area contributed by atoms with Gasteiger partial charge >= 0.3 is 0 Å². The van der Waals surface area contributed by atoms with E-state index in [1.807, 2.05) is 0 Å². The van der Waals surface area contributed by atoms with Crippen molar-refractivity contribution in [3.63, 3.8) is 0 Å². The average molecular weight is 779 g/mol. The standard InChI is InChI=1S/C58H38N2O/c1-4-19-40(20-5-1)59(41-21-6-2-7-22-41)52-35-33-46(44-26-12-14-28-48(44)52)47-34-36-53(49-29-15-13-27-45(47)49)60(42-23-8-3-9-24-42)54-38-56-58(51-31-17-16-30-50(51)54)57-43-25-11-10-18-39(43)32-37-55(57)61-56/h1-38H. The lowest BCUT2D eigenvalue weighted by Gasteiger charge is -2.29. The minimum absolute atomic E-state index is 0.869. The summed E-state index contributed by atoms with van der Waals surface area (Å²) in [5.74, 6) is 0. The Kier molecular flexibility index (Phi) is 8.17. The van der Waals surface area contributed by atoms with Gasteiger partial charge in [-0.3, -0.25) is 0 Å². The van der Waals surface area contributed by atoms with Crippen LogP contribution >= 0.6 is 0 Å². The molecule has 0 atom stereocenters. The molecule has 0 fully saturated rings. The first-order valence-electron chi connectivity index (χ1n) is 20.9. The molecular formula is C58H38N2O. The van der Waals surface area contributed by atoms with Gasteiger partial charge in [0.05, 0.1) is 17.1 Å². The largest absolute Gasteiger partial charge is 0.456 e. The second-order valence-electron chi connectivity index (χ2n) is 15.6. The minimum Gasteiger partial charge on any atom is -0.456 e. The normalized spacial score (nSPS) is 11.6. The third-order valence-corrected chi connectivity index (χ3v) is 12.2. The highest BCUT2D eigenvalue weighted by atomic mass is 16.3. The average Bonchev–Trinajstić information content (AvgIpc) is 3.72. The van der Waals surface area contributed by atoms with Crippen LogP contribution in [0, 0.1) is 0 Å². The molecule has 0 saturated heterocycles. The Labute approximate surface area is 353 Å². The summed E-state index contributed by atoms with van der Waals surface area (Å²) >= 11 is 0. The van der Waals surface area contributed by atoms with Gasteiger partial charge in [-0.25, -0.2) is 0 Å². The van der Waals surface area contributed by atoms with Crippen molar-refractivity contribution in [1.82, 2.24) is 0 Å². The monoisotopic (exact) mass is 778 g/mol.